The van der Waals surface area contributed by atoms with E-state index in [9.17, 15) is 9.18 Å². The van der Waals surface area contributed by atoms with Gasteiger partial charge < -0.3 is 9.80 Å². The number of carbonyl (C=O) groups is 1. The molecule has 1 aliphatic rings. The van der Waals surface area contributed by atoms with Gasteiger partial charge in [0.15, 0.2) is 5.65 Å². The highest BCUT2D eigenvalue weighted by atomic mass is 19.1. The Bertz CT molecular complexity index is 1460. The molecular formula is C32H39FN6O. The lowest BCUT2D eigenvalue weighted by atomic mass is 9.97. The zero-order chi connectivity index (χ0) is 28.2. The minimum atomic E-state index is -0.292. The maximum absolute atomic E-state index is 13.7. The molecule has 8 heteroatoms. The summed E-state index contributed by atoms with van der Waals surface area (Å²) in [4.78, 5) is 27.6. The van der Waals surface area contributed by atoms with Gasteiger partial charge in [0, 0.05) is 38.5 Å². The molecule has 1 fully saturated rings. The van der Waals surface area contributed by atoms with E-state index in [1.807, 2.05) is 11.8 Å². The van der Waals surface area contributed by atoms with Gasteiger partial charge in [0.25, 0.3) is 0 Å². The average molecular weight is 543 g/mol. The van der Waals surface area contributed by atoms with Crippen LogP contribution in [0.5, 0.6) is 0 Å². The fourth-order valence-electron chi connectivity index (χ4n) is 5.51. The van der Waals surface area contributed by atoms with E-state index < -0.39 is 0 Å². The van der Waals surface area contributed by atoms with Crippen molar-refractivity contribution in [3.05, 3.63) is 77.0 Å². The number of hydrogen-bond donors (Lipinski definition) is 0. The van der Waals surface area contributed by atoms with E-state index in [1.54, 1.807) is 16.8 Å². The van der Waals surface area contributed by atoms with Crippen LogP contribution in [0, 0.1) is 25.6 Å². The third-order valence-electron chi connectivity index (χ3n) is 7.92. The number of nitrogens with zero attached hydrogens (tertiary/aromatic N) is 6. The Hall–Kier alpha value is -3.81. The van der Waals surface area contributed by atoms with Crippen LogP contribution in [-0.4, -0.2) is 56.7 Å². The van der Waals surface area contributed by atoms with Crippen LogP contribution in [0.1, 0.15) is 62.2 Å². The second-order valence-corrected chi connectivity index (χ2v) is 10.9. The Kier molecular flexibility index (Phi) is 8.43. The van der Waals surface area contributed by atoms with Gasteiger partial charge >= 0.3 is 0 Å². The number of anilines is 1. The largest absolute Gasteiger partial charge is 0.352 e. The first kappa shape index (κ1) is 27.7. The molecule has 0 bridgehead atoms. The Labute approximate surface area is 236 Å². The van der Waals surface area contributed by atoms with Crippen LogP contribution in [0.2, 0.25) is 0 Å². The molecule has 0 aliphatic carbocycles. The summed E-state index contributed by atoms with van der Waals surface area (Å²) in [5.41, 5.74) is 4.62. The Balaban J connectivity index is 1.49. The highest BCUT2D eigenvalue weighted by Gasteiger charge is 2.29. The maximum Gasteiger partial charge on any atom is 0.225 e. The fourth-order valence-corrected chi connectivity index (χ4v) is 5.51. The van der Waals surface area contributed by atoms with Gasteiger partial charge in [-0.2, -0.15) is 5.10 Å². The van der Waals surface area contributed by atoms with Gasteiger partial charge in [0.1, 0.15) is 17.5 Å². The first-order valence-electron chi connectivity index (χ1n) is 14.5. The topological polar surface area (TPSA) is 67.2 Å². The number of benzene rings is 2. The Morgan fingerprint density at radius 3 is 2.30 bits per heavy atom. The van der Waals surface area contributed by atoms with Crippen molar-refractivity contribution >= 4 is 22.8 Å². The van der Waals surface area contributed by atoms with Gasteiger partial charge in [0.05, 0.1) is 16.8 Å². The fraction of sp³-hybridized carbons (Fsp3) is 0.438. The molecule has 0 N–H and O–H groups in total. The molecule has 0 spiro atoms. The van der Waals surface area contributed by atoms with E-state index in [0.29, 0.717) is 44.1 Å². The van der Waals surface area contributed by atoms with Crippen molar-refractivity contribution in [2.75, 3.05) is 31.1 Å². The average Bonchev–Trinajstić information content (AvgIpc) is 3.30. The van der Waals surface area contributed by atoms with E-state index in [2.05, 4.69) is 49.9 Å². The van der Waals surface area contributed by atoms with Gasteiger partial charge in [-0.05, 0) is 56.5 Å². The van der Waals surface area contributed by atoms with Gasteiger partial charge in [-0.25, -0.2) is 19.0 Å². The van der Waals surface area contributed by atoms with Crippen molar-refractivity contribution in [3.8, 4) is 5.69 Å². The summed E-state index contributed by atoms with van der Waals surface area (Å²) in [5.74, 6) is 1.65. The summed E-state index contributed by atoms with van der Waals surface area (Å²) in [6.07, 6.45) is 4.63. The summed E-state index contributed by atoms with van der Waals surface area (Å²) >= 11 is 0. The molecule has 4 aromatic rings. The van der Waals surface area contributed by atoms with Crippen LogP contribution < -0.4 is 4.90 Å². The summed E-state index contributed by atoms with van der Waals surface area (Å²) in [6.45, 7) is 11.1. The van der Waals surface area contributed by atoms with E-state index >= 15 is 0 Å². The molecule has 5 rings (SSSR count). The van der Waals surface area contributed by atoms with Gasteiger partial charge in [-0.3, -0.25) is 4.79 Å². The quantitative estimate of drug-likeness (QED) is 0.258. The zero-order valence-electron chi connectivity index (χ0n) is 24.0. The molecule has 0 saturated carbocycles. The lowest BCUT2D eigenvalue weighted by molar-refractivity contribution is -0.136. The number of hydrogen-bond acceptors (Lipinski definition) is 5. The molecule has 7 nitrogen and oxygen atoms in total. The van der Waals surface area contributed by atoms with Gasteiger partial charge in [-0.1, -0.05) is 56.5 Å². The number of aryl methyl sites for hydroxylation is 2. The van der Waals surface area contributed by atoms with E-state index in [1.165, 1.54) is 17.7 Å². The molecule has 1 amide bonds. The van der Waals surface area contributed by atoms with Crippen LogP contribution in [0.3, 0.4) is 0 Å². The summed E-state index contributed by atoms with van der Waals surface area (Å²) < 4.78 is 15.5. The normalized spacial score (nSPS) is 14.6. The van der Waals surface area contributed by atoms with E-state index in [-0.39, 0.29) is 17.6 Å². The van der Waals surface area contributed by atoms with Crippen molar-refractivity contribution in [1.82, 2.24) is 24.6 Å². The van der Waals surface area contributed by atoms with Crippen LogP contribution in [0.25, 0.3) is 16.7 Å². The van der Waals surface area contributed by atoms with Crippen LogP contribution in [0.15, 0.2) is 48.5 Å². The van der Waals surface area contributed by atoms with Crippen molar-refractivity contribution in [1.29, 1.82) is 0 Å². The molecule has 40 heavy (non-hydrogen) atoms. The van der Waals surface area contributed by atoms with E-state index in [4.69, 9.17) is 15.1 Å². The standard InChI is InChI=1S/C32H39FN6O/c1-5-7-8-25(6-2)32(40)38-19-17-37(18-20-38)30-29-23(4)36-39(27-15-13-26(33)14-16-27)31(29)35-28(34-30)21-24-11-9-22(3)10-12-24/h9-16,25H,5-8,17-21H2,1-4H3/t25-/m1/s1. The minimum Gasteiger partial charge on any atom is -0.352 e. The number of halogens is 1. The first-order chi connectivity index (χ1) is 19.4. The second kappa shape index (κ2) is 12.1. The Morgan fingerprint density at radius 2 is 1.65 bits per heavy atom. The van der Waals surface area contributed by atoms with Crippen molar-refractivity contribution in [3.63, 3.8) is 0 Å². The SMILES string of the molecule is CCCC[C@@H](CC)C(=O)N1CCN(c2nc(Cc3ccc(C)cc3)nc3c2c(C)nn3-c2ccc(F)cc2)CC1. The number of aromatic nitrogens is 4. The molecular weight excluding hydrogens is 503 g/mol. The summed E-state index contributed by atoms with van der Waals surface area (Å²) in [5, 5.41) is 5.71. The third-order valence-corrected chi connectivity index (χ3v) is 7.92. The molecule has 2 aromatic heterocycles. The molecule has 2 aromatic carbocycles. The molecule has 1 atom stereocenters. The molecule has 1 aliphatic heterocycles. The van der Waals surface area contributed by atoms with Crippen LogP contribution in [-0.2, 0) is 11.2 Å². The highest BCUT2D eigenvalue weighted by Crippen LogP contribution is 2.31. The first-order valence-corrected chi connectivity index (χ1v) is 14.5. The number of unbranched alkanes of at least 4 members (excludes halogenated alkanes) is 1. The van der Waals surface area contributed by atoms with Crippen molar-refractivity contribution in [2.45, 2.75) is 59.8 Å². The summed E-state index contributed by atoms with van der Waals surface area (Å²) in [7, 11) is 0. The molecule has 0 radical (unpaired) electrons. The maximum atomic E-state index is 13.7. The third kappa shape index (κ3) is 5.86. The highest BCUT2D eigenvalue weighted by molar-refractivity contribution is 5.91. The predicted molar refractivity (Wildman–Crippen MR) is 157 cm³/mol. The monoisotopic (exact) mass is 542 g/mol. The molecule has 210 valence electrons. The number of piperazine rings is 1. The molecule has 3 heterocycles. The number of amides is 1. The van der Waals surface area contributed by atoms with Gasteiger partial charge in [0.2, 0.25) is 5.91 Å². The van der Waals surface area contributed by atoms with Crippen molar-refractivity contribution in [2.24, 2.45) is 5.92 Å². The molecule has 1 saturated heterocycles. The zero-order valence-corrected chi connectivity index (χ0v) is 24.0. The predicted octanol–water partition coefficient (Wildman–Crippen LogP) is 6.03. The summed E-state index contributed by atoms with van der Waals surface area (Å²) in [6, 6.07) is 14.7. The van der Waals surface area contributed by atoms with Crippen LogP contribution >= 0.6 is 0 Å². The lowest BCUT2D eigenvalue weighted by Crippen LogP contribution is -2.50. The van der Waals surface area contributed by atoms with Crippen LogP contribution in [0.4, 0.5) is 10.2 Å². The minimum absolute atomic E-state index is 0.106. The number of rotatable bonds is 9. The van der Waals surface area contributed by atoms with E-state index in [0.717, 1.165) is 53.8 Å². The smallest absolute Gasteiger partial charge is 0.225 e. The number of carbonyl (C=O) groups excluding carboxylic acids is 1. The molecule has 0 unspecified atom stereocenters. The van der Waals surface area contributed by atoms with Gasteiger partial charge in [-0.15, -0.1) is 0 Å². The number of fused-ring (bicyclic) bond motifs is 1. The second-order valence-electron chi connectivity index (χ2n) is 10.9. The Morgan fingerprint density at radius 1 is 0.950 bits per heavy atom. The lowest BCUT2D eigenvalue weighted by Gasteiger charge is -2.37. The van der Waals surface area contributed by atoms with Crippen molar-refractivity contribution < 1.29 is 9.18 Å².